The van der Waals surface area contributed by atoms with Crippen molar-refractivity contribution in [2.75, 3.05) is 40.3 Å². The van der Waals surface area contributed by atoms with Crippen molar-refractivity contribution in [1.29, 1.82) is 0 Å². The zero-order valence-electron chi connectivity index (χ0n) is 17.0. The summed E-state index contributed by atoms with van der Waals surface area (Å²) in [6.45, 7) is 7.97. The molecule has 2 saturated heterocycles. The summed E-state index contributed by atoms with van der Waals surface area (Å²) in [5.41, 5.74) is 1.41. The number of hydrogen-bond acceptors (Lipinski definition) is 3. The average Bonchev–Trinajstić information content (AvgIpc) is 3.07. The molecule has 3 atom stereocenters. The summed E-state index contributed by atoms with van der Waals surface area (Å²) in [5.74, 6) is 1.71. The Hall–Kier alpha value is -0.860. The summed E-state index contributed by atoms with van der Waals surface area (Å²) in [7, 11) is 4.09. The van der Waals surface area contributed by atoms with Gasteiger partial charge in [-0.3, -0.25) is 9.89 Å². The maximum atomic E-state index is 4.44. The molecule has 6 heteroatoms. The molecule has 0 amide bonds. The van der Waals surface area contributed by atoms with Gasteiger partial charge < -0.3 is 15.5 Å². The van der Waals surface area contributed by atoms with E-state index in [2.05, 4.69) is 69.7 Å². The van der Waals surface area contributed by atoms with Gasteiger partial charge >= 0.3 is 0 Å². The first-order valence-electron chi connectivity index (χ1n) is 10.1. The predicted molar refractivity (Wildman–Crippen MR) is 125 cm³/mol. The van der Waals surface area contributed by atoms with E-state index in [0.29, 0.717) is 12.1 Å². The number of benzene rings is 1. The Morgan fingerprint density at radius 2 is 1.96 bits per heavy atom. The van der Waals surface area contributed by atoms with Gasteiger partial charge in [0.15, 0.2) is 5.96 Å². The molecule has 0 aliphatic carbocycles. The van der Waals surface area contributed by atoms with Crippen LogP contribution in [0.15, 0.2) is 35.3 Å². The Morgan fingerprint density at radius 1 is 1.19 bits per heavy atom. The molecule has 0 radical (unpaired) electrons. The van der Waals surface area contributed by atoms with Crippen LogP contribution in [0.25, 0.3) is 0 Å². The number of aliphatic imine (C=N–C) groups is 1. The van der Waals surface area contributed by atoms with Crippen molar-refractivity contribution in [2.45, 2.75) is 44.8 Å². The molecule has 152 valence electrons. The van der Waals surface area contributed by atoms with Crippen LogP contribution >= 0.6 is 24.0 Å². The van der Waals surface area contributed by atoms with E-state index < -0.39 is 0 Å². The van der Waals surface area contributed by atoms with E-state index in [-0.39, 0.29) is 24.0 Å². The van der Waals surface area contributed by atoms with E-state index in [1.54, 1.807) is 0 Å². The van der Waals surface area contributed by atoms with E-state index in [1.165, 1.54) is 37.9 Å². The van der Waals surface area contributed by atoms with E-state index >= 15 is 0 Å². The van der Waals surface area contributed by atoms with Crippen LogP contribution in [0, 0.1) is 5.92 Å². The second kappa shape index (κ2) is 11.2. The fraction of sp³-hybridized carbons (Fsp3) is 0.667. The Labute approximate surface area is 182 Å². The lowest BCUT2D eigenvalue weighted by Crippen LogP contribution is -2.51. The number of nitrogens with zero attached hydrogens (tertiary/aromatic N) is 3. The third kappa shape index (κ3) is 6.91. The molecular weight excluding hydrogens is 449 g/mol. The Kier molecular flexibility index (Phi) is 9.32. The van der Waals surface area contributed by atoms with Crippen LogP contribution in [0.1, 0.15) is 31.7 Å². The highest BCUT2D eigenvalue weighted by Gasteiger charge is 2.26. The number of guanidine groups is 1. The normalized spacial score (nSPS) is 27.2. The van der Waals surface area contributed by atoms with E-state index in [1.807, 2.05) is 7.05 Å². The lowest BCUT2D eigenvalue weighted by Gasteiger charge is -2.38. The molecule has 1 aromatic carbocycles. The van der Waals surface area contributed by atoms with Gasteiger partial charge in [-0.15, -0.1) is 24.0 Å². The van der Waals surface area contributed by atoms with E-state index in [4.69, 9.17) is 0 Å². The molecule has 2 aliphatic rings. The zero-order valence-corrected chi connectivity index (χ0v) is 19.4. The maximum Gasteiger partial charge on any atom is 0.191 e. The average molecular weight is 485 g/mol. The SMILES string of the molecule is CN=C(NCC1CCN(C)C1)NC1CCN(Cc2ccccc2)C(C)C1.I. The molecule has 3 rings (SSSR count). The highest BCUT2D eigenvalue weighted by molar-refractivity contribution is 14.0. The first-order chi connectivity index (χ1) is 12.6. The summed E-state index contributed by atoms with van der Waals surface area (Å²) in [6.07, 6.45) is 3.62. The number of likely N-dealkylation sites (tertiary alicyclic amines) is 2. The minimum Gasteiger partial charge on any atom is -0.356 e. The quantitative estimate of drug-likeness (QED) is 0.383. The highest BCUT2D eigenvalue weighted by Crippen LogP contribution is 2.20. The summed E-state index contributed by atoms with van der Waals surface area (Å²) in [4.78, 5) is 9.45. The van der Waals surface area contributed by atoms with Crippen LogP contribution in [0.2, 0.25) is 0 Å². The Morgan fingerprint density at radius 3 is 2.59 bits per heavy atom. The predicted octanol–water partition coefficient (Wildman–Crippen LogP) is 2.77. The van der Waals surface area contributed by atoms with Gasteiger partial charge in [0.25, 0.3) is 0 Å². The van der Waals surface area contributed by atoms with Gasteiger partial charge in [0.1, 0.15) is 0 Å². The van der Waals surface area contributed by atoms with Crippen LogP contribution in [0.3, 0.4) is 0 Å². The van der Waals surface area contributed by atoms with E-state index in [9.17, 15) is 0 Å². The molecule has 2 aliphatic heterocycles. The molecule has 0 bridgehead atoms. The minimum absolute atomic E-state index is 0. The Bertz CT molecular complexity index is 579. The Balaban J connectivity index is 0.00000261. The highest BCUT2D eigenvalue weighted by atomic mass is 127. The number of nitrogens with one attached hydrogen (secondary N) is 2. The molecule has 3 unspecified atom stereocenters. The van der Waals surface area contributed by atoms with Gasteiger partial charge in [-0.25, -0.2) is 0 Å². The van der Waals surface area contributed by atoms with Crippen molar-refractivity contribution in [3.05, 3.63) is 35.9 Å². The molecule has 0 saturated carbocycles. The van der Waals surface area contributed by atoms with E-state index in [0.717, 1.165) is 31.5 Å². The van der Waals surface area contributed by atoms with Gasteiger partial charge in [-0.1, -0.05) is 30.3 Å². The molecule has 27 heavy (non-hydrogen) atoms. The van der Waals surface area contributed by atoms with Crippen LogP contribution in [0.5, 0.6) is 0 Å². The second-order valence-electron chi connectivity index (χ2n) is 8.04. The van der Waals surface area contributed by atoms with Gasteiger partial charge in [0.05, 0.1) is 0 Å². The van der Waals surface area contributed by atoms with Crippen molar-refractivity contribution >= 4 is 29.9 Å². The molecule has 1 aromatic rings. The minimum atomic E-state index is 0. The molecule has 0 aromatic heterocycles. The van der Waals surface area contributed by atoms with Crippen LogP contribution in [-0.2, 0) is 6.54 Å². The van der Waals surface area contributed by atoms with Crippen molar-refractivity contribution in [1.82, 2.24) is 20.4 Å². The van der Waals surface area contributed by atoms with Crippen molar-refractivity contribution in [2.24, 2.45) is 10.9 Å². The standard InChI is InChI=1S/C21H35N5.HI/c1-17-13-20(10-12-26(17)16-18-7-5-4-6-8-18)24-21(22-2)23-14-19-9-11-25(3)15-19;/h4-8,17,19-20H,9-16H2,1-3H3,(H2,22,23,24);1H. The first-order valence-corrected chi connectivity index (χ1v) is 10.1. The molecule has 2 N–H and O–H groups in total. The van der Waals surface area contributed by atoms with Crippen LogP contribution < -0.4 is 10.6 Å². The second-order valence-corrected chi connectivity index (χ2v) is 8.04. The maximum absolute atomic E-state index is 4.44. The van der Waals surface area contributed by atoms with Gasteiger partial charge in [0, 0.05) is 45.3 Å². The number of rotatable bonds is 5. The van der Waals surface area contributed by atoms with Gasteiger partial charge in [-0.2, -0.15) is 0 Å². The van der Waals surface area contributed by atoms with Crippen molar-refractivity contribution in [3.8, 4) is 0 Å². The third-order valence-electron chi connectivity index (χ3n) is 5.85. The number of halogens is 1. The number of piperidine rings is 1. The van der Waals surface area contributed by atoms with Gasteiger partial charge in [-0.05, 0) is 51.3 Å². The zero-order chi connectivity index (χ0) is 18.4. The fourth-order valence-corrected chi connectivity index (χ4v) is 4.23. The van der Waals surface area contributed by atoms with Crippen LogP contribution in [-0.4, -0.2) is 68.1 Å². The fourth-order valence-electron chi connectivity index (χ4n) is 4.23. The first kappa shape index (κ1) is 22.4. The summed E-state index contributed by atoms with van der Waals surface area (Å²) >= 11 is 0. The van der Waals surface area contributed by atoms with Crippen molar-refractivity contribution < 1.29 is 0 Å². The molecule has 5 nitrogen and oxygen atoms in total. The lowest BCUT2D eigenvalue weighted by molar-refractivity contribution is 0.134. The van der Waals surface area contributed by atoms with Gasteiger partial charge in [0.2, 0.25) is 0 Å². The largest absolute Gasteiger partial charge is 0.356 e. The summed E-state index contributed by atoms with van der Waals surface area (Å²) in [5, 5.41) is 7.20. The molecular formula is C21H36IN5. The monoisotopic (exact) mass is 485 g/mol. The molecule has 2 fully saturated rings. The van der Waals surface area contributed by atoms with Crippen molar-refractivity contribution in [3.63, 3.8) is 0 Å². The smallest absolute Gasteiger partial charge is 0.191 e. The van der Waals surface area contributed by atoms with Crippen LogP contribution in [0.4, 0.5) is 0 Å². The topological polar surface area (TPSA) is 42.9 Å². The molecule has 0 spiro atoms. The lowest BCUT2D eigenvalue weighted by atomic mass is 9.97. The third-order valence-corrected chi connectivity index (χ3v) is 5.85. The number of hydrogen-bond donors (Lipinski definition) is 2. The summed E-state index contributed by atoms with van der Waals surface area (Å²) in [6, 6.07) is 11.9. The molecule has 2 heterocycles. The summed E-state index contributed by atoms with van der Waals surface area (Å²) < 4.78 is 0.